The van der Waals surface area contributed by atoms with Gasteiger partial charge in [0.15, 0.2) is 41.7 Å². The Kier molecular flexibility index (Phi) is 9.74. The Bertz CT molecular complexity index is 1700. The Morgan fingerprint density at radius 2 is 1.78 bits per heavy atom. The molecule has 0 radical (unpaired) electrons. The van der Waals surface area contributed by atoms with E-state index in [2.05, 4.69) is 29.1 Å². The van der Waals surface area contributed by atoms with Crippen molar-refractivity contribution in [2.24, 2.45) is 5.73 Å². The van der Waals surface area contributed by atoms with Crippen molar-refractivity contribution in [1.82, 2.24) is 19.5 Å². The van der Waals surface area contributed by atoms with E-state index in [1.165, 1.54) is 40.7 Å². The molecule has 10 atom stereocenters. The molecule has 46 heavy (non-hydrogen) atoms. The molecule has 2 saturated heterocycles. The lowest BCUT2D eigenvalue weighted by molar-refractivity contribution is -0.765. The summed E-state index contributed by atoms with van der Waals surface area (Å²) >= 11 is 0. The minimum absolute atomic E-state index is 0.0228. The fraction of sp³-hybridized carbons (Fsp3) is 0.500. The largest absolute Gasteiger partial charge is 0.756 e. The van der Waals surface area contributed by atoms with Crippen LogP contribution in [-0.4, -0.2) is 108 Å². The number of phosphoric acid groups is 2. The number of anilines is 2. The number of rotatable bonds is 12. The monoisotopic (exact) mass is 692 g/mol. The third-order valence-electron chi connectivity index (χ3n) is 7.06. The summed E-state index contributed by atoms with van der Waals surface area (Å²) in [6.07, 6.45) is -8.47. The van der Waals surface area contributed by atoms with E-state index in [4.69, 9.17) is 25.5 Å². The number of carbonyl (C=O) groups is 1. The minimum atomic E-state index is -5.64. The number of fused-ring (bicyclic) bond motifs is 1. The Hall–Kier alpha value is -3.21. The molecule has 252 valence electrons. The van der Waals surface area contributed by atoms with Crippen molar-refractivity contribution >= 4 is 44.5 Å². The number of nitrogens with two attached hydrogens (primary N) is 2. The number of nitrogen functional groups attached to an aromatic ring is 1. The summed E-state index contributed by atoms with van der Waals surface area (Å²) in [5.74, 6) is -0.633. The lowest BCUT2D eigenvalue weighted by Gasteiger charge is -2.26. The lowest BCUT2D eigenvalue weighted by atomic mass is 10.1. The average Bonchev–Trinajstić information content (AvgIpc) is 3.61. The molecule has 0 aliphatic carbocycles. The molecule has 10 N–H and O–H groups in total. The van der Waals surface area contributed by atoms with Crippen LogP contribution in [0.15, 0.2) is 30.9 Å². The van der Waals surface area contributed by atoms with Gasteiger partial charge in [0.2, 0.25) is 5.95 Å². The van der Waals surface area contributed by atoms with E-state index >= 15 is 0 Å². The van der Waals surface area contributed by atoms with Crippen molar-refractivity contribution < 1.29 is 71.5 Å². The molecule has 1 amide bonds. The first-order chi connectivity index (χ1) is 21.6. The maximum Gasteiger partial charge on any atom is 0.478 e. The van der Waals surface area contributed by atoms with E-state index in [9.17, 15) is 44.1 Å². The third-order valence-corrected chi connectivity index (χ3v) is 9.63. The Morgan fingerprint density at radius 1 is 1.11 bits per heavy atom. The van der Waals surface area contributed by atoms with Gasteiger partial charge in [-0.15, -0.1) is 0 Å². The number of imidazole rings is 1. The molecule has 24 heteroatoms. The summed E-state index contributed by atoms with van der Waals surface area (Å²) in [5, 5.41) is 44.7. The second-order valence-corrected chi connectivity index (χ2v) is 13.1. The molecular formula is C22H30N8O14P2. The van der Waals surface area contributed by atoms with Crippen LogP contribution in [0.25, 0.3) is 11.2 Å². The van der Waals surface area contributed by atoms with Crippen molar-refractivity contribution in [3.8, 4) is 0 Å². The SMILES string of the molecule is CNc1nc2c(N)ncnc2n1[C@@H]1O[C@H](COP(=O)(O)OP(=O)([O-])OC[C@H]2O[C@@H]([n+]3cccc(C(N)=O)c3)[C@H](O)[C@@H]2O)[C@@H](O)[C@H]1O. The molecule has 2 aliphatic rings. The fourth-order valence-corrected chi connectivity index (χ4v) is 6.89. The van der Waals surface area contributed by atoms with Crippen molar-refractivity contribution in [3.05, 3.63) is 36.4 Å². The lowest BCUT2D eigenvalue weighted by Crippen LogP contribution is -2.46. The average molecular weight is 692 g/mol. The van der Waals surface area contributed by atoms with Gasteiger partial charge >= 0.3 is 7.82 Å². The normalized spacial score (nSPS) is 30.7. The number of aromatic nitrogens is 5. The second-order valence-electron chi connectivity index (χ2n) is 10.1. The summed E-state index contributed by atoms with van der Waals surface area (Å²) in [7, 11) is -9.59. The number of hydrogen-bond acceptors (Lipinski definition) is 18. The van der Waals surface area contributed by atoms with Gasteiger partial charge in [-0.3, -0.25) is 18.5 Å². The highest BCUT2D eigenvalue weighted by Gasteiger charge is 2.49. The highest BCUT2D eigenvalue weighted by molar-refractivity contribution is 7.60. The maximum absolute atomic E-state index is 12.5. The molecule has 3 aromatic rings. The number of primary amides is 1. The first-order valence-electron chi connectivity index (χ1n) is 13.3. The van der Waals surface area contributed by atoms with Gasteiger partial charge < -0.3 is 61.0 Å². The zero-order valence-corrected chi connectivity index (χ0v) is 25.4. The van der Waals surface area contributed by atoms with Crippen molar-refractivity contribution in [2.75, 3.05) is 31.3 Å². The Morgan fingerprint density at radius 3 is 2.48 bits per heavy atom. The fourth-order valence-electron chi connectivity index (χ4n) is 4.84. The van der Waals surface area contributed by atoms with Crippen LogP contribution in [0.3, 0.4) is 0 Å². The first kappa shape index (κ1) is 34.1. The molecule has 5 rings (SSSR count). The maximum atomic E-state index is 12.5. The summed E-state index contributed by atoms with van der Waals surface area (Å²) < 4.78 is 51.9. The molecule has 2 fully saturated rings. The van der Waals surface area contributed by atoms with E-state index in [1.807, 2.05) is 0 Å². The Balaban J connectivity index is 1.18. The number of hydrogen-bond donors (Lipinski definition) is 8. The van der Waals surface area contributed by atoms with Gasteiger partial charge in [0.25, 0.3) is 20.0 Å². The van der Waals surface area contributed by atoms with Gasteiger partial charge in [-0.2, -0.15) is 4.57 Å². The van der Waals surface area contributed by atoms with Crippen molar-refractivity contribution in [3.63, 3.8) is 0 Å². The van der Waals surface area contributed by atoms with Crippen LogP contribution in [0.2, 0.25) is 0 Å². The molecule has 2 aliphatic heterocycles. The molecule has 0 spiro atoms. The number of amides is 1. The predicted molar refractivity (Wildman–Crippen MR) is 147 cm³/mol. The van der Waals surface area contributed by atoms with Gasteiger partial charge in [-0.05, 0) is 6.07 Å². The number of nitrogens with one attached hydrogen (secondary N) is 1. The van der Waals surface area contributed by atoms with E-state index in [1.54, 1.807) is 0 Å². The van der Waals surface area contributed by atoms with Gasteiger partial charge in [0.1, 0.15) is 42.4 Å². The predicted octanol–water partition coefficient (Wildman–Crippen LogP) is -3.61. The van der Waals surface area contributed by atoms with Gasteiger partial charge in [0.05, 0.1) is 13.2 Å². The summed E-state index contributed by atoms with van der Waals surface area (Å²) in [5.41, 5.74) is 11.4. The third kappa shape index (κ3) is 6.89. The second kappa shape index (κ2) is 13.1. The van der Waals surface area contributed by atoms with E-state index in [-0.39, 0.29) is 28.5 Å². The van der Waals surface area contributed by atoms with Gasteiger partial charge in [-0.25, -0.2) is 23.8 Å². The van der Waals surface area contributed by atoms with Crippen LogP contribution in [-0.2, 0) is 32.0 Å². The van der Waals surface area contributed by atoms with Crippen LogP contribution in [0.5, 0.6) is 0 Å². The smallest absolute Gasteiger partial charge is 0.478 e. The number of ether oxygens (including phenoxy) is 2. The highest BCUT2D eigenvalue weighted by Crippen LogP contribution is 2.58. The molecule has 3 aromatic heterocycles. The topological polar surface area (TPSA) is 333 Å². The molecule has 2 unspecified atom stereocenters. The van der Waals surface area contributed by atoms with Crippen LogP contribution < -0.4 is 26.2 Å². The zero-order valence-electron chi connectivity index (χ0n) is 23.6. The number of phosphoric ester groups is 2. The number of aliphatic hydroxyl groups excluding tert-OH is 4. The minimum Gasteiger partial charge on any atom is -0.756 e. The standard InChI is InChI=1S/C22H30N8O14P2/c1-25-22-28-12-17(23)26-8-27-19(12)30(22)21-16(34)14(32)11(43-21)7-41-46(38,39)44-45(36,37)40-6-10-13(31)15(33)20(42-10)29-4-2-3-9(5-29)18(24)35/h2-5,8,10-11,13-16,20-21,31-34H,6-7H2,1H3,(H6-,23,24,25,26,27,28,35,36,37,38,39)/t10-,11-,13-,14-,15-,16-,20-,21-/m1/s1. The summed E-state index contributed by atoms with van der Waals surface area (Å²) in [6, 6.07) is 2.82. The molecule has 0 bridgehead atoms. The van der Waals surface area contributed by atoms with E-state index < -0.39 is 83.8 Å². The van der Waals surface area contributed by atoms with E-state index in [0.717, 1.165) is 6.33 Å². The number of aliphatic hydroxyl groups is 4. The molecule has 0 saturated carbocycles. The molecular weight excluding hydrogens is 662 g/mol. The number of pyridine rings is 1. The highest BCUT2D eigenvalue weighted by atomic mass is 31.3. The quantitative estimate of drug-likeness (QED) is 0.0671. The van der Waals surface area contributed by atoms with Crippen LogP contribution in [0.1, 0.15) is 22.8 Å². The van der Waals surface area contributed by atoms with Crippen LogP contribution in [0, 0.1) is 0 Å². The van der Waals surface area contributed by atoms with Crippen LogP contribution >= 0.6 is 15.6 Å². The first-order valence-corrected chi connectivity index (χ1v) is 16.2. The summed E-state index contributed by atoms with van der Waals surface area (Å²) in [6.45, 7) is -1.91. The van der Waals surface area contributed by atoms with Crippen molar-refractivity contribution in [2.45, 2.75) is 49.1 Å². The number of carbonyl (C=O) groups excluding carboxylic acids is 1. The van der Waals surface area contributed by atoms with Gasteiger partial charge in [-0.1, -0.05) is 0 Å². The summed E-state index contributed by atoms with van der Waals surface area (Å²) in [4.78, 5) is 46.0. The number of nitrogens with zero attached hydrogens (tertiary/aromatic N) is 5. The Labute approximate surface area is 258 Å². The molecule has 5 heterocycles. The van der Waals surface area contributed by atoms with Gasteiger partial charge in [0, 0.05) is 13.1 Å². The molecule has 0 aromatic carbocycles. The molecule has 22 nitrogen and oxygen atoms in total. The zero-order chi connectivity index (χ0) is 33.6. The van der Waals surface area contributed by atoms with Crippen molar-refractivity contribution in [1.29, 1.82) is 0 Å². The van der Waals surface area contributed by atoms with E-state index in [0.29, 0.717) is 0 Å². The van der Waals surface area contributed by atoms with Crippen LogP contribution in [0.4, 0.5) is 11.8 Å².